The normalized spacial score (nSPS) is 17.7. The summed E-state index contributed by atoms with van der Waals surface area (Å²) in [7, 11) is 0. The highest BCUT2D eigenvalue weighted by Gasteiger charge is 2.44. The average molecular weight is 1450 g/mol. The standard InChI is InChI=1S/C68H107N19O14S/c1-11-38(8)55(64(97)81-46(27-35(2)3)59(92)79-47(28-36(4)5)61(94)84-54(37(6)7)66(99)87-25-16-21-52(87)63(96)83-50(67(100)101)29-40-32-75-44-18-13-12-17-42(40)44)85-58(91)45(19-14-23-74-68(71)72)78-60(93)48(31-53(70)88)80-62(95)51-20-15-24-86(51)65(98)49(30-41-33-73-34-76-41)82-56(89)39(9)77-57(90)43(69)22-26-102-10/h12-13,17-18,32-39,43,45-52,54-55,75H,11,14-16,19-31,69H2,1-10H3,(H2,70,88)(H,73,76)(H,77,90)(H,78,93)(H,79,92)(H,80,95)(H,81,97)(H,82,89)(H,83,96)(H,84,94)(H,85,91)(H,100,101)(H4,71,72,74)/t38-,39-,43-,45-,46-,47-,48-,49-,50-,51-,52-,54-,55-/m0/s1. The Morgan fingerprint density at radius 1 is 0.627 bits per heavy atom. The van der Waals surface area contributed by atoms with Crippen molar-refractivity contribution in [2.75, 3.05) is 31.6 Å². The number of fused-ring (bicyclic) bond motifs is 1. The van der Waals surface area contributed by atoms with Crippen LogP contribution in [0.25, 0.3) is 10.9 Å². The number of carboxylic acids is 1. The number of imidazole rings is 1. The number of primary amides is 1. The van der Waals surface area contributed by atoms with E-state index >= 15 is 0 Å². The molecule has 0 radical (unpaired) electrons. The lowest BCUT2D eigenvalue weighted by Crippen LogP contribution is -2.62. The fourth-order valence-corrected chi connectivity index (χ4v) is 12.7. The van der Waals surface area contributed by atoms with Gasteiger partial charge in [-0.3, -0.25) is 62.5 Å². The summed E-state index contributed by atoms with van der Waals surface area (Å²) in [6.45, 7) is 15.7. The first kappa shape index (κ1) is 83.3. The Morgan fingerprint density at radius 2 is 1.18 bits per heavy atom. The summed E-state index contributed by atoms with van der Waals surface area (Å²) in [6, 6.07) is -7.93. The first-order valence-electron chi connectivity index (χ1n) is 34.9. The molecule has 2 fully saturated rings. The number of carboxylic acid groups (broad SMARTS) is 1. The van der Waals surface area contributed by atoms with Gasteiger partial charge in [0, 0.05) is 61.5 Å². The molecule has 0 aliphatic carbocycles. The molecule has 3 aromatic rings. The number of rotatable bonds is 41. The van der Waals surface area contributed by atoms with Gasteiger partial charge in [0.05, 0.1) is 18.8 Å². The minimum absolute atomic E-state index is 0.0231. The zero-order chi connectivity index (χ0) is 75.7. The second kappa shape index (κ2) is 40.3. The van der Waals surface area contributed by atoms with Gasteiger partial charge in [0.15, 0.2) is 5.96 Å². The van der Waals surface area contributed by atoms with E-state index in [9.17, 15) is 67.4 Å². The SMILES string of the molecule is CC[C@H](C)[C@H](NC(=O)[C@H](CCCN=C(N)N)NC(=O)[C@H](CC(N)=O)NC(=O)[C@@H]1CCCN1C(=O)[C@H](Cc1cnc[nH]1)NC(=O)[C@H](C)NC(=O)[C@@H](N)CCSC)C(=O)N[C@@H](CC(C)C)C(=O)N[C@@H](CC(C)C)C(=O)N[C@H](C(=O)N1CCC[C@H]1C(=O)N[C@@H](Cc1c[nH]c2ccccc12)C(=O)O)C(C)C. The third-order valence-corrected chi connectivity index (χ3v) is 18.7. The molecule has 2 saturated heterocycles. The maximum atomic E-state index is 14.7. The maximum Gasteiger partial charge on any atom is 0.326 e. The number of carbonyl (C=O) groups excluding carboxylic acids is 12. The van der Waals surface area contributed by atoms with Crippen molar-refractivity contribution in [1.29, 1.82) is 0 Å². The highest BCUT2D eigenvalue weighted by atomic mass is 32.2. The van der Waals surface area contributed by atoms with E-state index in [1.165, 1.54) is 41.0 Å². The van der Waals surface area contributed by atoms with Gasteiger partial charge < -0.3 is 95.7 Å². The van der Waals surface area contributed by atoms with Crippen LogP contribution < -0.4 is 70.8 Å². The van der Waals surface area contributed by atoms with E-state index in [-0.39, 0.29) is 88.8 Å². The fraction of sp³-hybridized carbons (Fsp3) is 0.632. The molecule has 20 N–H and O–H groups in total. The van der Waals surface area contributed by atoms with E-state index < -0.39 is 168 Å². The topological polar surface area (TPSA) is 518 Å². The smallest absolute Gasteiger partial charge is 0.326 e. The third-order valence-electron chi connectivity index (χ3n) is 18.0. The van der Waals surface area contributed by atoms with Gasteiger partial charge in [0.25, 0.3) is 0 Å². The van der Waals surface area contributed by atoms with Gasteiger partial charge in [0.1, 0.15) is 66.5 Å². The summed E-state index contributed by atoms with van der Waals surface area (Å²) >= 11 is 1.50. The van der Waals surface area contributed by atoms with Gasteiger partial charge in [-0.25, -0.2) is 9.78 Å². The summed E-state index contributed by atoms with van der Waals surface area (Å²) in [5.74, 6) is -11.9. The Kier molecular flexibility index (Phi) is 33.0. The van der Waals surface area contributed by atoms with Crippen LogP contribution in [0.1, 0.15) is 144 Å². The number of H-pyrrole nitrogens is 2. The number of likely N-dealkylation sites (tertiary alicyclic amines) is 2. The van der Waals surface area contributed by atoms with E-state index in [1.54, 1.807) is 33.9 Å². The number of thioether (sulfide) groups is 1. The number of aromatic amines is 2. The molecule has 34 heteroatoms. The minimum Gasteiger partial charge on any atom is -0.480 e. The van der Waals surface area contributed by atoms with Crippen molar-refractivity contribution in [2.45, 2.75) is 218 Å². The number of aliphatic carboxylic acids is 1. The molecule has 2 aromatic heterocycles. The number of hydrogen-bond acceptors (Lipinski definition) is 17. The van der Waals surface area contributed by atoms with E-state index in [2.05, 4.69) is 67.8 Å². The molecular weight excluding hydrogens is 1340 g/mol. The Hall–Kier alpha value is -9.34. The van der Waals surface area contributed by atoms with Crippen LogP contribution >= 0.6 is 11.8 Å². The Bertz CT molecular complexity index is 3420. The van der Waals surface area contributed by atoms with E-state index in [1.807, 2.05) is 58.2 Å². The molecular formula is C68H107N19O14S. The molecule has 13 atom stereocenters. The highest BCUT2D eigenvalue weighted by molar-refractivity contribution is 7.98. The molecule has 12 amide bonds. The molecule has 0 unspecified atom stereocenters. The average Bonchev–Trinajstić information content (AvgIpc) is 1.61. The van der Waals surface area contributed by atoms with Gasteiger partial charge in [-0.05, 0) is 112 Å². The molecule has 33 nitrogen and oxygen atoms in total. The Labute approximate surface area is 598 Å². The molecule has 2 aliphatic rings. The van der Waals surface area contributed by atoms with Gasteiger partial charge in [-0.2, -0.15) is 11.8 Å². The molecule has 5 rings (SSSR count). The molecule has 564 valence electrons. The number of hydrogen-bond donors (Lipinski definition) is 16. The third kappa shape index (κ3) is 25.0. The number of amides is 12. The summed E-state index contributed by atoms with van der Waals surface area (Å²) in [5.41, 5.74) is 24.8. The molecule has 4 heterocycles. The second-order valence-electron chi connectivity index (χ2n) is 27.5. The van der Waals surface area contributed by atoms with E-state index in [0.29, 0.717) is 42.7 Å². The Balaban J connectivity index is 1.31. The van der Waals surface area contributed by atoms with Gasteiger partial charge in [-0.15, -0.1) is 0 Å². The van der Waals surface area contributed by atoms with E-state index in [0.717, 1.165) is 10.9 Å². The predicted molar refractivity (Wildman–Crippen MR) is 382 cm³/mol. The van der Waals surface area contributed by atoms with Crippen LogP contribution in [0.2, 0.25) is 0 Å². The molecule has 0 spiro atoms. The van der Waals surface area contributed by atoms with Crippen molar-refractivity contribution in [3.63, 3.8) is 0 Å². The number of nitrogens with one attached hydrogen (secondary N) is 11. The van der Waals surface area contributed by atoms with Crippen LogP contribution in [0.4, 0.5) is 0 Å². The summed E-state index contributed by atoms with van der Waals surface area (Å²) < 4.78 is 0. The lowest BCUT2D eigenvalue weighted by atomic mass is 9.95. The maximum absolute atomic E-state index is 14.7. The van der Waals surface area contributed by atoms with Gasteiger partial charge in [0.2, 0.25) is 70.9 Å². The van der Waals surface area contributed by atoms with Gasteiger partial charge in [-0.1, -0.05) is 80.0 Å². The molecule has 0 saturated carbocycles. The summed E-state index contributed by atoms with van der Waals surface area (Å²) in [6.07, 6.45) is 7.22. The first-order valence-corrected chi connectivity index (χ1v) is 36.3. The zero-order valence-corrected chi connectivity index (χ0v) is 60.9. The van der Waals surface area contributed by atoms with E-state index in [4.69, 9.17) is 22.9 Å². The van der Waals surface area contributed by atoms with Crippen molar-refractivity contribution in [3.05, 3.63) is 54.2 Å². The predicted octanol–water partition coefficient (Wildman–Crippen LogP) is -1.07. The zero-order valence-electron chi connectivity index (χ0n) is 60.1. The number of guanidine groups is 1. The van der Waals surface area contributed by atoms with Crippen molar-refractivity contribution >= 4 is 105 Å². The number of aliphatic imine (C=N–C) groups is 1. The van der Waals surface area contributed by atoms with Gasteiger partial charge >= 0.3 is 5.97 Å². The van der Waals surface area contributed by atoms with Crippen LogP contribution in [-0.4, -0.2) is 217 Å². The lowest BCUT2D eigenvalue weighted by molar-refractivity contribution is -0.145. The van der Waals surface area contributed by atoms with Crippen LogP contribution in [0.15, 0.2) is 48.0 Å². The number of para-hydroxylation sites is 1. The first-order chi connectivity index (χ1) is 48.2. The Morgan fingerprint density at radius 3 is 1.74 bits per heavy atom. The molecule has 102 heavy (non-hydrogen) atoms. The monoisotopic (exact) mass is 1450 g/mol. The van der Waals surface area contributed by atoms with Crippen molar-refractivity contribution in [2.24, 2.45) is 51.6 Å². The van der Waals surface area contributed by atoms with Crippen molar-refractivity contribution in [1.82, 2.24) is 72.6 Å². The molecule has 2 aliphatic heterocycles. The van der Waals surface area contributed by atoms with Crippen LogP contribution in [0.5, 0.6) is 0 Å². The summed E-state index contributed by atoms with van der Waals surface area (Å²) in [5, 5.41) is 35.2. The highest BCUT2D eigenvalue weighted by Crippen LogP contribution is 2.25. The largest absolute Gasteiger partial charge is 0.480 e. The minimum atomic E-state index is -1.73. The van der Waals surface area contributed by atoms with Crippen LogP contribution in [0.3, 0.4) is 0 Å². The molecule has 1 aromatic carbocycles. The number of aromatic nitrogens is 3. The number of nitrogens with zero attached hydrogens (tertiary/aromatic N) is 4. The lowest BCUT2D eigenvalue weighted by Gasteiger charge is -2.32. The number of nitrogens with two attached hydrogens (primary N) is 4. The van der Waals surface area contributed by atoms with Crippen molar-refractivity contribution in [3.8, 4) is 0 Å². The van der Waals surface area contributed by atoms with Crippen LogP contribution in [-0.2, 0) is 75.2 Å². The quantitative estimate of drug-likeness (QED) is 0.0183. The second-order valence-corrected chi connectivity index (χ2v) is 28.5. The summed E-state index contributed by atoms with van der Waals surface area (Å²) in [4.78, 5) is 199. The molecule has 0 bridgehead atoms. The number of carbonyl (C=O) groups is 13. The van der Waals surface area contributed by atoms with Crippen molar-refractivity contribution < 1.29 is 67.4 Å². The fourth-order valence-electron chi connectivity index (χ4n) is 12.2. The number of benzene rings is 1. The van der Waals surface area contributed by atoms with Crippen LogP contribution in [0, 0.1) is 23.7 Å².